The molecule has 0 bridgehead atoms. The number of rotatable bonds is 6. The maximum atomic E-state index is 14.6. The van der Waals surface area contributed by atoms with E-state index in [0.29, 0.717) is 38.1 Å². The molecular formula is C24H24F5N3O4. The minimum atomic E-state index is -4.65. The van der Waals surface area contributed by atoms with Gasteiger partial charge in [0.2, 0.25) is 0 Å². The number of nitrogens with one attached hydrogen (secondary N) is 1. The largest absolute Gasteiger partial charge is 0.484 e. The molecule has 1 N–H and O–H groups in total. The maximum absolute atomic E-state index is 14.6. The molecule has 1 amide bonds. The van der Waals surface area contributed by atoms with Crippen molar-refractivity contribution >= 4 is 17.6 Å². The van der Waals surface area contributed by atoms with Crippen LogP contribution in [0.1, 0.15) is 41.9 Å². The van der Waals surface area contributed by atoms with E-state index < -0.39 is 47.3 Å². The van der Waals surface area contributed by atoms with Gasteiger partial charge < -0.3 is 24.1 Å². The molecule has 2 aliphatic heterocycles. The van der Waals surface area contributed by atoms with E-state index in [1.165, 1.54) is 0 Å². The van der Waals surface area contributed by atoms with Gasteiger partial charge in [0, 0.05) is 36.3 Å². The number of carbonyl (C=O) groups is 1. The van der Waals surface area contributed by atoms with Crippen molar-refractivity contribution in [3.8, 4) is 5.75 Å². The number of anilines is 2. The number of hydrogen-bond donors (Lipinski definition) is 1. The van der Waals surface area contributed by atoms with Gasteiger partial charge in [0.25, 0.3) is 11.9 Å². The normalized spacial score (nSPS) is 26.1. The molecule has 7 nitrogen and oxygen atoms in total. The zero-order chi connectivity index (χ0) is 25.2. The minimum absolute atomic E-state index is 0.0844. The summed E-state index contributed by atoms with van der Waals surface area (Å²) in [7, 11) is 0. The second-order valence-electron chi connectivity index (χ2n) is 10.4. The fourth-order valence-corrected chi connectivity index (χ4v) is 5.54. The lowest BCUT2D eigenvalue weighted by Gasteiger charge is -2.37. The fourth-order valence-electron chi connectivity index (χ4n) is 5.54. The van der Waals surface area contributed by atoms with Gasteiger partial charge in [-0.25, -0.2) is 8.78 Å². The average molecular weight is 513 g/mol. The van der Waals surface area contributed by atoms with Crippen molar-refractivity contribution in [2.45, 2.75) is 44.4 Å². The highest BCUT2D eigenvalue weighted by atomic mass is 19.4. The van der Waals surface area contributed by atoms with E-state index in [0.717, 1.165) is 37.8 Å². The Labute approximate surface area is 202 Å². The SMILES string of the molecule is O=C(Nc1cc(F)c(OC2CC3C[C@@H]3C2)c(F)c1)c1nc(N2CCC3(COC3)C2)oc1CC(F)(F)F. The first-order chi connectivity index (χ1) is 17.1. The molecule has 0 radical (unpaired) electrons. The predicted molar refractivity (Wildman–Crippen MR) is 116 cm³/mol. The Morgan fingerprint density at radius 3 is 2.44 bits per heavy atom. The standard InChI is InChI=1S/C24H24F5N3O4/c25-16-6-14(7-17(26)20(16)35-15-4-12-3-13(12)5-15)30-21(33)19-18(8-24(27,28)29)36-22(31-19)32-2-1-23(9-32)10-34-11-23/h6-7,12-13,15H,1-5,8-11H2,(H,30,33)/t12-,13?,15?/m1/s1. The summed E-state index contributed by atoms with van der Waals surface area (Å²) in [5, 5.41) is 2.24. The molecule has 3 heterocycles. The smallest absolute Gasteiger partial charge is 0.396 e. The summed E-state index contributed by atoms with van der Waals surface area (Å²) >= 11 is 0. The predicted octanol–water partition coefficient (Wildman–Crippen LogP) is 4.71. The molecule has 2 saturated heterocycles. The molecule has 2 aromatic rings. The molecule has 1 spiro atoms. The monoisotopic (exact) mass is 513 g/mol. The summed E-state index contributed by atoms with van der Waals surface area (Å²) in [6.45, 7) is 2.08. The van der Waals surface area contributed by atoms with Gasteiger partial charge in [0.1, 0.15) is 12.2 Å². The van der Waals surface area contributed by atoms with Crippen molar-refractivity contribution in [2.75, 3.05) is 36.5 Å². The first-order valence-corrected chi connectivity index (χ1v) is 11.9. The molecule has 12 heteroatoms. The van der Waals surface area contributed by atoms with Crippen molar-refractivity contribution in [3.05, 3.63) is 35.2 Å². The summed E-state index contributed by atoms with van der Waals surface area (Å²) in [5.41, 5.74) is -0.941. The molecule has 2 saturated carbocycles. The van der Waals surface area contributed by atoms with Crippen LogP contribution < -0.4 is 15.0 Å². The summed E-state index contributed by atoms with van der Waals surface area (Å²) < 4.78 is 84.9. The second kappa shape index (κ2) is 8.32. The van der Waals surface area contributed by atoms with Gasteiger partial charge >= 0.3 is 6.18 Å². The number of oxazole rings is 1. The number of aromatic nitrogens is 1. The van der Waals surface area contributed by atoms with Crippen LogP contribution in [0.2, 0.25) is 0 Å². The van der Waals surface area contributed by atoms with Crippen LogP contribution in [0.25, 0.3) is 0 Å². The van der Waals surface area contributed by atoms with Crippen LogP contribution in [-0.4, -0.2) is 49.5 Å². The van der Waals surface area contributed by atoms with E-state index in [1.54, 1.807) is 4.90 Å². The molecular weight excluding hydrogens is 489 g/mol. The molecule has 4 aliphatic rings. The highest BCUT2D eigenvalue weighted by molar-refractivity contribution is 6.03. The second-order valence-corrected chi connectivity index (χ2v) is 10.4. The molecule has 6 rings (SSSR count). The molecule has 1 aromatic carbocycles. The van der Waals surface area contributed by atoms with Crippen molar-refractivity contribution in [2.24, 2.45) is 17.3 Å². The molecule has 3 atom stereocenters. The highest BCUT2D eigenvalue weighted by Gasteiger charge is 2.48. The van der Waals surface area contributed by atoms with Gasteiger partial charge in [-0.3, -0.25) is 4.79 Å². The Morgan fingerprint density at radius 2 is 1.86 bits per heavy atom. The van der Waals surface area contributed by atoms with Crippen LogP contribution in [0.3, 0.4) is 0 Å². The van der Waals surface area contributed by atoms with Crippen LogP contribution in [0, 0.1) is 28.9 Å². The van der Waals surface area contributed by atoms with Crippen molar-refractivity contribution < 1.29 is 40.6 Å². The summed E-state index contributed by atoms with van der Waals surface area (Å²) in [5.74, 6) is -3.14. The summed E-state index contributed by atoms with van der Waals surface area (Å²) in [6.07, 6.45) is -3.02. The summed E-state index contributed by atoms with van der Waals surface area (Å²) in [6, 6.07) is 1.65. The zero-order valence-electron chi connectivity index (χ0n) is 19.2. The zero-order valence-corrected chi connectivity index (χ0v) is 19.2. The topological polar surface area (TPSA) is 76.8 Å². The number of fused-ring (bicyclic) bond motifs is 1. The Morgan fingerprint density at radius 1 is 1.17 bits per heavy atom. The fraction of sp³-hybridized carbons (Fsp3) is 0.583. The van der Waals surface area contributed by atoms with Crippen LogP contribution >= 0.6 is 0 Å². The van der Waals surface area contributed by atoms with E-state index in [-0.39, 0.29) is 23.2 Å². The van der Waals surface area contributed by atoms with E-state index in [9.17, 15) is 26.7 Å². The van der Waals surface area contributed by atoms with Gasteiger partial charge in [0.05, 0.1) is 19.3 Å². The Balaban J connectivity index is 1.20. The Kier molecular flexibility index (Phi) is 5.43. The number of ether oxygens (including phenoxy) is 2. The third-order valence-electron chi connectivity index (χ3n) is 7.53. The number of alkyl halides is 3. The molecule has 2 unspecified atom stereocenters. The number of amides is 1. The van der Waals surface area contributed by atoms with E-state index in [4.69, 9.17) is 13.9 Å². The molecule has 2 aliphatic carbocycles. The van der Waals surface area contributed by atoms with Crippen LogP contribution in [0.15, 0.2) is 16.5 Å². The lowest BCUT2D eigenvalue weighted by molar-refractivity contribution is -0.130. The van der Waals surface area contributed by atoms with Crippen molar-refractivity contribution in [1.29, 1.82) is 0 Å². The minimum Gasteiger partial charge on any atom is -0.484 e. The number of benzene rings is 1. The quantitative estimate of drug-likeness (QED) is 0.564. The third kappa shape index (κ3) is 4.51. The van der Waals surface area contributed by atoms with Gasteiger partial charge in [-0.05, 0) is 37.5 Å². The Bertz CT molecular complexity index is 1160. The molecule has 1 aromatic heterocycles. The number of nitrogens with zero attached hydrogens (tertiary/aromatic N) is 2. The maximum Gasteiger partial charge on any atom is 0.396 e. The van der Waals surface area contributed by atoms with Crippen LogP contribution in [0.4, 0.5) is 33.7 Å². The first kappa shape index (κ1) is 23.5. The van der Waals surface area contributed by atoms with Gasteiger partial charge in [-0.1, -0.05) is 0 Å². The third-order valence-corrected chi connectivity index (χ3v) is 7.53. The van der Waals surface area contributed by atoms with Crippen LogP contribution in [0.5, 0.6) is 5.75 Å². The number of hydrogen-bond acceptors (Lipinski definition) is 6. The summed E-state index contributed by atoms with van der Waals surface area (Å²) in [4.78, 5) is 18.6. The number of carbonyl (C=O) groups excluding carboxylic acids is 1. The van der Waals surface area contributed by atoms with Crippen LogP contribution in [-0.2, 0) is 11.2 Å². The van der Waals surface area contributed by atoms with Gasteiger partial charge in [0.15, 0.2) is 23.1 Å². The lowest BCUT2D eigenvalue weighted by Crippen LogP contribution is -2.44. The Hall–Kier alpha value is -2.89. The van der Waals surface area contributed by atoms with Gasteiger partial charge in [-0.15, -0.1) is 0 Å². The molecule has 194 valence electrons. The molecule has 36 heavy (non-hydrogen) atoms. The van der Waals surface area contributed by atoms with E-state index in [2.05, 4.69) is 10.3 Å². The van der Waals surface area contributed by atoms with Crippen molar-refractivity contribution in [1.82, 2.24) is 4.98 Å². The van der Waals surface area contributed by atoms with E-state index in [1.807, 2.05) is 0 Å². The lowest BCUT2D eigenvalue weighted by atomic mass is 9.85. The average Bonchev–Trinajstić information content (AvgIpc) is 3.14. The molecule has 4 fully saturated rings. The first-order valence-electron chi connectivity index (χ1n) is 11.9. The highest BCUT2D eigenvalue weighted by Crippen LogP contribution is 2.52. The van der Waals surface area contributed by atoms with Gasteiger partial charge in [-0.2, -0.15) is 18.2 Å². The van der Waals surface area contributed by atoms with E-state index >= 15 is 0 Å². The number of halogens is 5. The van der Waals surface area contributed by atoms with Crippen molar-refractivity contribution in [3.63, 3.8) is 0 Å².